The fourth-order valence-electron chi connectivity index (χ4n) is 1.26. The maximum Gasteiger partial charge on any atom is 0.108 e. The van der Waals surface area contributed by atoms with Crippen molar-refractivity contribution in [2.45, 2.75) is 59.0 Å². The van der Waals surface area contributed by atoms with Gasteiger partial charge in [0.05, 0.1) is 5.60 Å². The summed E-state index contributed by atoms with van der Waals surface area (Å²) in [4.78, 5) is 0. The van der Waals surface area contributed by atoms with Crippen LogP contribution in [0, 0.1) is 0 Å². The zero-order chi connectivity index (χ0) is 13.9. The van der Waals surface area contributed by atoms with Crippen LogP contribution in [-0.2, 0) is 0 Å². The van der Waals surface area contributed by atoms with Gasteiger partial charge >= 0.3 is 0 Å². The monoisotopic (exact) mass is 240 g/mol. The molecule has 0 rings (SSSR count). The maximum atomic E-state index is 10.1. The van der Waals surface area contributed by atoms with Gasteiger partial charge in [-0.1, -0.05) is 59.3 Å². The van der Waals surface area contributed by atoms with E-state index in [1.165, 1.54) is 6.08 Å². The van der Waals surface area contributed by atoms with Gasteiger partial charge in [0.2, 0.25) is 0 Å². The second-order valence-electron chi connectivity index (χ2n) is 4.08. The summed E-state index contributed by atoms with van der Waals surface area (Å²) in [5.41, 5.74) is -0.282. The number of rotatable bonds is 7. The molecule has 2 N–H and O–H groups in total. The molecule has 2 nitrogen and oxygen atoms in total. The Bertz CT molecular complexity index is 250. The summed E-state index contributed by atoms with van der Waals surface area (Å²) in [6.45, 7) is 15.0. The zero-order valence-corrected chi connectivity index (χ0v) is 11.8. The van der Waals surface area contributed by atoms with E-state index in [9.17, 15) is 5.11 Å². The van der Waals surface area contributed by atoms with Crippen molar-refractivity contribution >= 4 is 0 Å². The van der Waals surface area contributed by atoms with Crippen LogP contribution in [0.3, 0.4) is 0 Å². The van der Waals surface area contributed by atoms with Gasteiger partial charge in [0.25, 0.3) is 0 Å². The van der Waals surface area contributed by atoms with E-state index in [1.54, 1.807) is 13.0 Å². The van der Waals surface area contributed by atoms with E-state index < -0.39 is 5.60 Å². The molecule has 0 aliphatic rings. The van der Waals surface area contributed by atoms with Crippen LogP contribution < -0.4 is 0 Å². The van der Waals surface area contributed by atoms with Crippen molar-refractivity contribution in [2.75, 3.05) is 0 Å². The molecular formula is C15H28O2. The van der Waals surface area contributed by atoms with Crippen molar-refractivity contribution in [3.63, 3.8) is 0 Å². The Morgan fingerprint density at radius 2 is 1.71 bits per heavy atom. The molecule has 0 aliphatic heterocycles. The van der Waals surface area contributed by atoms with E-state index in [0.29, 0.717) is 12.0 Å². The molecule has 100 valence electrons. The van der Waals surface area contributed by atoms with E-state index in [-0.39, 0.29) is 5.76 Å². The van der Waals surface area contributed by atoms with E-state index in [1.807, 2.05) is 13.8 Å². The van der Waals surface area contributed by atoms with Crippen LogP contribution in [0.2, 0.25) is 0 Å². The lowest BCUT2D eigenvalue weighted by Gasteiger charge is -2.23. The van der Waals surface area contributed by atoms with E-state index >= 15 is 0 Å². The lowest BCUT2D eigenvalue weighted by atomic mass is 9.90. The third-order valence-corrected chi connectivity index (χ3v) is 2.44. The molecule has 0 fully saturated rings. The lowest BCUT2D eigenvalue weighted by Crippen LogP contribution is -2.25. The van der Waals surface area contributed by atoms with Gasteiger partial charge in [-0.2, -0.15) is 0 Å². The topological polar surface area (TPSA) is 40.5 Å². The zero-order valence-electron chi connectivity index (χ0n) is 11.8. The van der Waals surface area contributed by atoms with Crippen LogP contribution in [0.25, 0.3) is 0 Å². The van der Waals surface area contributed by atoms with Crippen molar-refractivity contribution in [3.8, 4) is 0 Å². The van der Waals surface area contributed by atoms with Gasteiger partial charge in [-0.3, -0.25) is 0 Å². The third-order valence-electron chi connectivity index (χ3n) is 2.44. The molecule has 0 aromatic carbocycles. The van der Waals surface area contributed by atoms with Crippen molar-refractivity contribution in [2.24, 2.45) is 0 Å². The van der Waals surface area contributed by atoms with Crippen LogP contribution in [0.15, 0.2) is 36.6 Å². The summed E-state index contributed by atoms with van der Waals surface area (Å²) in [6, 6.07) is 0. The van der Waals surface area contributed by atoms with Gasteiger partial charge < -0.3 is 10.2 Å². The highest BCUT2D eigenvalue weighted by atomic mass is 16.3. The molecule has 0 spiro atoms. The van der Waals surface area contributed by atoms with Gasteiger partial charge in [-0.25, -0.2) is 0 Å². The van der Waals surface area contributed by atoms with Crippen LogP contribution >= 0.6 is 0 Å². The molecule has 0 saturated heterocycles. The largest absolute Gasteiger partial charge is 0.509 e. The minimum Gasteiger partial charge on any atom is -0.509 e. The Balaban J connectivity index is 0. The highest BCUT2D eigenvalue weighted by Gasteiger charge is 2.21. The number of hydrogen-bond donors (Lipinski definition) is 2. The number of aliphatic hydroxyl groups is 2. The van der Waals surface area contributed by atoms with Crippen molar-refractivity contribution in [1.29, 1.82) is 0 Å². The van der Waals surface area contributed by atoms with Crippen molar-refractivity contribution < 1.29 is 10.2 Å². The number of allylic oxidation sites excluding steroid dienone is 1. The average Bonchev–Trinajstić information content (AvgIpc) is 2.28. The van der Waals surface area contributed by atoms with E-state index in [4.69, 9.17) is 5.11 Å². The first-order valence-electron chi connectivity index (χ1n) is 6.38. The van der Waals surface area contributed by atoms with Gasteiger partial charge in [0, 0.05) is 0 Å². The SMILES string of the molecule is C=C(O)/C=C\C(=C)C(C)(O)CCCCC.CC. The Hall–Kier alpha value is -1.02. The predicted molar refractivity (Wildman–Crippen MR) is 76.2 cm³/mol. The minimum atomic E-state index is -0.888. The molecule has 0 aromatic rings. The maximum absolute atomic E-state index is 10.1. The lowest BCUT2D eigenvalue weighted by molar-refractivity contribution is 0.0901. The van der Waals surface area contributed by atoms with Crippen LogP contribution in [0.4, 0.5) is 0 Å². The number of unbranched alkanes of at least 4 members (excludes halogenated alkanes) is 2. The highest BCUT2D eigenvalue weighted by Crippen LogP contribution is 2.23. The first-order chi connectivity index (χ1) is 7.90. The van der Waals surface area contributed by atoms with Gasteiger partial charge in [-0.15, -0.1) is 0 Å². The molecule has 0 bridgehead atoms. The molecule has 0 amide bonds. The normalized spacial score (nSPS) is 13.7. The quantitative estimate of drug-likeness (QED) is 0.390. The highest BCUT2D eigenvalue weighted by molar-refractivity contribution is 5.27. The van der Waals surface area contributed by atoms with Crippen LogP contribution in [0.1, 0.15) is 53.4 Å². The van der Waals surface area contributed by atoms with E-state index in [2.05, 4.69) is 20.1 Å². The summed E-state index contributed by atoms with van der Waals surface area (Å²) >= 11 is 0. The Kier molecular flexibility index (Phi) is 11.0. The third kappa shape index (κ3) is 9.88. The average molecular weight is 240 g/mol. The molecule has 1 unspecified atom stereocenters. The van der Waals surface area contributed by atoms with Crippen LogP contribution in [-0.4, -0.2) is 15.8 Å². The summed E-state index contributed by atoms with van der Waals surface area (Å²) in [5.74, 6) is -0.0273. The molecule has 2 heteroatoms. The fraction of sp³-hybridized carbons (Fsp3) is 0.600. The molecule has 0 aliphatic carbocycles. The van der Waals surface area contributed by atoms with Crippen molar-refractivity contribution in [3.05, 3.63) is 36.6 Å². The molecule has 0 saturated carbocycles. The second kappa shape index (κ2) is 10.2. The summed E-state index contributed by atoms with van der Waals surface area (Å²) in [5, 5.41) is 18.9. The number of hydrogen-bond acceptors (Lipinski definition) is 2. The van der Waals surface area contributed by atoms with Crippen molar-refractivity contribution in [1.82, 2.24) is 0 Å². The Morgan fingerprint density at radius 3 is 2.12 bits per heavy atom. The number of aliphatic hydroxyl groups excluding tert-OH is 1. The first kappa shape index (κ1) is 18.3. The molecule has 0 radical (unpaired) electrons. The molecular weight excluding hydrogens is 212 g/mol. The molecule has 17 heavy (non-hydrogen) atoms. The van der Waals surface area contributed by atoms with Gasteiger partial charge in [0.1, 0.15) is 5.76 Å². The molecule has 0 aromatic heterocycles. The Morgan fingerprint density at radius 1 is 1.18 bits per heavy atom. The Labute approximate surface area is 106 Å². The smallest absolute Gasteiger partial charge is 0.108 e. The standard InChI is InChI=1S/C13H22O2.C2H6/c1-5-6-7-10-13(4,15)11(2)8-9-12(3)14;1-2/h8-9,14-15H,2-3,5-7,10H2,1,4H3;1-2H3/b9-8-;. The van der Waals surface area contributed by atoms with E-state index in [0.717, 1.165) is 19.3 Å². The summed E-state index contributed by atoms with van der Waals surface area (Å²) in [6.07, 6.45) is 6.97. The molecule has 1 atom stereocenters. The predicted octanol–water partition coefficient (Wildman–Crippen LogP) is 4.53. The summed E-state index contributed by atoms with van der Waals surface area (Å²) in [7, 11) is 0. The second-order valence-corrected chi connectivity index (χ2v) is 4.08. The minimum absolute atomic E-state index is 0.0273. The molecule has 0 heterocycles. The first-order valence-corrected chi connectivity index (χ1v) is 6.38. The fourth-order valence-corrected chi connectivity index (χ4v) is 1.26. The summed E-state index contributed by atoms with van der Waals surface area (Å²) < 4.78 is 0. The van der Waals surface area contributed by atoms with Gasteiger partial charge in [0.15, 0.2) is 0 Å². The van der Waals surface area contributed by atoms with Crippen LogP contribution in [0.5, 0.6) is 0 Å². The van der Waals surface area contributed by atoms with Gasteiger partial charge in [-0.05, 0) is 25.0 Å².